The second kappa shape index (κ2) is 6.86. The van der Waals surface area contributed by atoms with Crippen molar-refractivity contribution in [1.29, 1.82) is 5.26 Å². The van der Waals surface area contributed by atoms with Crippen LogP contribution in [0.2, 0.25) is 0 Å². The molecule has 0 atom stereocenters. The fraction of sp³-hybridized carbons (Fsp3) is 0.200. The summed E-state index contributed by atoms with van der Waals surface area (Å²) >= 11 is 1.66. The third kappa shape index (κ3) is 3.17. The van der Waals surface area contributed by atoms with Gasteiger partial charge in [-0.15, -0.1) is 11.3 Å². The molecule has 3 aromatic rings. The van der Waals surface area contributed by atoms with Gasteiger partial charge in [0.05, 0.1) is 5.69 Å². The molecule has 0 spiro atoms. The van der Waals surface area contributed by atoms with Crippen LogP contribution in [0.3, 0.4) is 0 Å². The molecule has 0 aliphatic heterocycles. The van der Waals surface area contributed by atoms with Gasteiger partial charge in [-0.05, 0) is 37.1 Å². The first-order valence-corrected chi connectivity index (χ1v) is 8.80. The van der Waals surface area contributed by atoms with Gasteiger partial charge in [0.15, 0.2) is 0 Å². The molecule has 4 heteroatoms. The quantitative estimate of drug-likeness (QED) is 0.714. The molecule has 24 heavy (non-hydrogen) atoms. The number of anilines is 1. The van der Waals surface area contributed by atoms with Crippen LogP contribution in [-0.2, 0) is 6.42 Å². The maximum atomic E-state index is 9.46. The number of nitrogens with two attached hydrogens (primary N) is 1. The van der Waals surface area contributed by atoms with Crippen LogP contribution in [0.5, 0.6) is 0 Å². The topological polar surface area (TPSA) is 62.7 Å². The number of pyridine rings is 1. The third-order valence-corrected chi connectivity index (χ3v) is 4.99. The number of nitriles is 1. The van der Waals surface area contributed by atoms with E-state index >= 15 is 0 Å². The van der Waals surface area contributed by atoms with E-state index in [0.717, 1.165) is 34.5 Å². The van der Waals surface area contributed by atoms with Crippen LogP contribution in [0, 0.1) is 18.3 Å². The number of aryl methyl sites for hydroxylation is 2. The minimum absolute atomic E-state index is 0.286. The Morgan fingerprint density at radius 3 is 2.50 bits per heavy atom. The molecule has 0 amide bonds. The van der Waals surface area contributed by atoms with E-state index in [0.29, 0.717) is 5.56 Å². The van der Waals surface area contributed by atoms with E-state index in [1.807, 2.05) is 12.1 Å². The van der Waals surface area contributed by atoms with Crippen molar-refractivity contribution in [3.63, 3.8) is 0 Å². The summed E-state index contributed by atoms with van der Waals surface area (Å²) < 4.78 is 0. The van der Waals surface area contributed by atoms with Gasteiger partial charge in [0.25, 0.3) is 0 Å². The molecule has 0 fully saturated rings. The minimum Gasteiger partial charge on any atom is -0.383 e. The van der Waals surface area contributed by atoms with Crippen molar-refractivity contribution in [3.8, 4) is 27.8 Å². The van der Waals surface area contributed by atoms with Gasteiger partial charge < -0.3 is 5.73 Å². The van der Waals surface area contributed by atoms with E-state index in [9.17, 15) is 5.26 Å². The highest BCUT2D eigenvalue weighted by molar-refractivity contribution is 7.15. The lowest BCUT2D eigenvalue weighted by Gasteiger charge is -2.09. The molecule has 120 valence electrons. The summed E-state index contributed by atoms with van der Waals surface area (Å²) in [6.45, 7) is 4.23. The molecule has 1 aromatic carbocycles. The van der Waals surface area contributed by atoms with Gasteiger partial charge >= 0.3 is 0 Å². The average Bonchev–Trinajstić information content (AvgIpc) is 3.01. The molecule has 0 radical (unpaired) electrons. The lowest BCUT2D eigenvalue weighted by atomic mass is 10.0. The minimum atomic E-state index is 0.286. The van der Waals surface area contributed by atoms with Crippen molar-refractivity contribution < 1.29 is 0 Å². The lowest BCUT2D eigenvalue weighted by molar-refractivity contribution is 0.922. The highest BCUT2D eigenvalue weighted by Crippen LogP contribution is 2.35. The summed E-state index contributed by atoms with van der Waals surface area (Å²) in [4.78, 5) is 6.69. The highest BCUT2D eigenvalue weighted by atomic mass is 32.1. The zero-order valence-electron chi connectivity index (χ0n) is 13.8. The molecule has 3 nitrogen and oxygen atoms in total. The number of hydrogen-bond donors (Lipinski definition) is 1. The number of nitrogen functional groups attached to an aromatic ring is 1. The molecule has 0 saturated carbocycles. The second-order valence-electron chi connectivity index (χ2n) is 5.78. The fourth-order valence-corrected chi connectivity index (χ4v) is 3.62. The number of hydrogen-bond acceptors (Lipinski definition) is 4. The van der Waals surface area contributed by atoms with Crippen LogP contribution in [0.15, 0.2) is 42.5 Å². The summed E-state index contributed by atoms with van der Waals surface area (Å²) in [7, 11) is 0. The number of thiophene rings is 1. The standard InChI is InChI=1S/C20H19N3S/c1-3-4-14-6-8-15(9-7-14)18-11-16(17(12-21)20(22)23-18)19-10-5-13(2)24-19/h5-11H,3-4H2,1-2H3,(H2,22,23). The van der Waals surface area contributed by atoms with Crippen molar-refractivity contribution in [2.75, 3.05) is 5.73 Å². The van der Waals surface area contributed by atoms with E-state index in [2.05, 4.69) is 55.2 Å². The van der Waals surface area contributed by atoms with E-state index in [1.165, 1.54) is 10.4 Å². The fourth-order valence-electron chi connectivity index (χ4n) is 2.73. The second-order valence-corrected chi connectivity index (χ2v) is 7.07. The normalized spacial score (nSPS) is 10.5. The first-order valence-electron chi connectivity index (χ1n) is 7.99. The number of nitrogens with zero attached hydrogens (tertiary/aromatic N) is 2. The first-order chi connectivity index (χ1) is 11.6. The van der Waals surface area contributed by atoms with Crippen LogP contribution in [0.25, 0.3) is 21.7 Å². The van der Waals surface area contributed by atoms with Crippen molar-refractivity contribution in [1.82, 2.24) is 4.98 Å². The summed E-state index contributed by atoms with van der Waals surface area (Å²) in [5, 5.41) is 9.46. The molecule has 0 bridgehead atoms. The molecule has 0 aliphatic carbocycles. The molecule has 0 saturated heterocycles. The van der Waals surface area contributed by atoms with Gasteiger partial charge in [-0.1, -0.05) is 37.6 Å². The Morgan fingerprint density at radius 1 is 1.17 bits per heavy atom. The van der Waals surface area contributed by atoms with Gasteiger partial charge in [0, 0.05) is 20.9 Å². The van der Waals surface area contributed by atoms with Crippen LogP contribution in [-0.4, -0.2) is 4.98 Å². The van der Waals surface area contributed by atoms with E-state index in [-0.39, 0.29) is 5.82 Å². The summed E-state index contributed by atoms with van der Waals surface area (Å²) in [6, 6.07) is 16.6. The van der Waals surface area contributed by atoms with Gasteiger partial charge in [-0.25, -0.2) is 4.98 Å². The summed E-state index contributed by atoms with van der Waals surface area (Å²) in [6.07, 6.45) is 2.20. The zero-order valence-corrected chi connectivity index (χ0v) is 14.7. The van der Waals surface area contributed by atoms with Gasteiger partial charge in [-0.3, -0.25) is 0 Å². The van der Waals surface area contributed by atoms with Crippen molar-refractivity contribution in [2.24, 2.45) is 0 Å². The Balaban J connectivity index is 2.09. The third-order valence-electron chi connectivity index (χ3n) is 3.95. The predicted octanol–water partition coefficient (Wildman–Crippen LogP) is 5.19. The smallest absolute Gasteiger partial charge is 0.142 e. The van der Waals surface area contributed by atoms with E-state index in [4.69, 9.17) is 5.73 Å². The SMILES string of the molecule is CCCc1ccc(-c2cc(-c3ccc(C)s3)c(C#N)c(N)n2)cc1. The van der Waals surface area contributed by atoms with Crippen molar-refractivity contribution in [2.45, 2.75) is 26.7 Å². The molecule has 2 heterocycles. The molecular weight excluding hydrogens is 314 g/mol. The first kappa shape index (κ1) is 16.2. The predicted molar refractivity (Wildman–Crippen MR) is 101 cm³/mol. The van der Waals surface area contributed by atoms with Crippen LogP contribution >= 0.6 is 11.3 Å². The van der Waals surface area contributed by atoms with Gasteiger partial charge in [0.2, 0.25) is 0 Å². The Labute approximate surface area is 146 Å². The summed E-state index contributed by atoms with van der Waals surface area (Å²) in [5.41, 5.74) is 10.5. The van der Waals surface area contributed by atoms with Crippen molar-refractivity contribution in [3.05, 3.63) is 58.5 Å². The lowest BCUT2D eigenvalue weighted by Crippen LogP contribution is -1.99. The molecule has 3 rings (SSSR count). The van der Waals surface area contributed by atoms with Gasteiger partial charge in [0.1, 0.15) is 17.5 Å². The average molecular weight is 333 g/mol. The molecule has 2 N–H and O–H groups in total. The molecule has 0 aliphatic rings. The van der Waals surface area contributed by atoms with Crippen LogP contribution < -0.4 is 5.73 Å². The number of aromatic nitrogens is 1. The molecule has 0 unspecified atom stereocenters. The van der Waals surface area contributed by atoms with Crippen molar-refractivity contribution >= 4 is 17.2 Å². The van der Waals surface area contributed by atoms with E-state index in [1.54, 1.807) is 11.3 Å². The maximum absolute atomic E-state index is 9.46. The van der Waals surface area contributed by atoms with Crippen LogP contribution in [0.1, 0.15) is 29.3 Å². The number of benzene rings is 1. The Kier molecular flexibility index (Phi) is 4.64. The Bertz CT molecular complexity index is 902. The Hall–Kier alpha value is -2.64. The largest absolute Gasteiger partial charge is 0.383 e. The monoisotopic (exact) mass is 333 g/mol. The molecular formula is C20H19N3S. The number of rotatable bonds is 4. The zero-order chi connectivity index (χ0) is 17.1. The Morgan fingerprint density at radius 2 is 1.92 bits per heavy atom. The van der Waals surface area contributed by atoms with Crippen LogP contribution in [0.4, 0.5) is 5.82 Å². The van der Waals surface area contributed by atoms with Gasteiger partial charge in [-0.2, -0.15) is 5.26 Å². The summed E-state index contributed by atoms with van der Waals surface area (Å²) in [5.74, 6) is 0.286. The highest BCUT2D eigenvalue weighted by Gasteiger charge is 2.14. The maximum Gasteiger partial charge on any atom is 0.142 e. The molecule has 2 aromatic heterocycles. The van der Waals surface area contributed by atoms with E-state index < -0.39 is 0 Å².